The smallest absolute Gasteiger partial charge is 0.179 e. The van der Waals surface area contributed by atoms with Crippen LogP contribution in [0.3, 0.4) is 0 Å². The maximum absolute atomic E-state index is 13.9. The molecule has 0 amide bonds. The molecule has 1 aliphatic heterocycles. The van der Waals surface area contributed by atoms with Crippen LogP contribution in [0.1, 0.15) is 5.56 Å². The molecule has 1 atom stereocenters. The van der Waals surface area contributed by atoms with Crippen molar-refractivity contribution < 1.29 is 19.0 Å². The van der Waals surface area contributed by atoms with Gasteiger partial charge in [-0.3, -0.25) is 4.79 Å². The van der Waals surface area contributed by atoms with Gasteiger partial charge in [-0.25, -0.2) is 4.39 Å². The zero-order chi connectivity index (χ0) is 15.9. The summed E-state index contributed by atoms with van der Waals surface area (Å²) in [5, 5.41) is 9.83. The van der Waals surface area contributed by atoms with Crippen LogP contribution < -0.4 is 10.5 Å². The number of aromatic hydroxyl groups is 1. The van der Waals surface area contributed by atoms with E-state index >= 15 is 0 Å². The van der Waals surface area contributed by atoms with Crippen molar-refractivity contribution in [1.29, 1.82) is 0 Å². The van der Waals surface area contributed by atoms with Gasteiger partial charge in [0.15, 0.2) is 11.9 Å². The summed E-state index contributed by atoms with van der Waals surface area (Å²) >= 11 is 6.10. The molecule has 1 heterocycles. The number of fused-ring (bicyclic) bond motifs is 1. The number of phenols is 1. The van der Waals surface area contributed by atoms with Crippen LogP contribution >= 0.6 is 11.6 Å². The molecule has 1 aliphatic rings. The van der Waals surface area contributed by atoms with Crippen LogP contribution in [0.25, 0.3) is 11.1 Å². The Morgan fingerprint density at radius 1 is 1.36 bits per heavy atom. The van der Waals surface area contributed by atoms with Crippen LogP contribution in [0.2, 0.25) is 5.02 Å². The third kappa shape index (κ3) is 2.42. The van der Waals surface area contributed by atoms with E-state index in [0.717, 1.165) is 0 Å². The number of carbonyl (C=O) groups is 1. The second-order valence-electron chi connectivity index (χ2n) is 5.07. The summed E-state index contributed by atoms with van der Waals surface area (Å²) in [5.74, 6) is -0.423. The maximum Gasteiger partial charge on any atom is 0.179 e. The fraction of sp³-hybridized carbons (Fsp3) is 0.188. The molecule has 22 heavy (non-hydrogen) atoms. The Kier molecular flexibility index (Phi) is 3.76. The van der Waals surface area contributed by atoms with Crippen molar-refractivity contribution in [2.75, 3.05) is 6.54 Å². The zero-order valence-corrected chi connectivity index (χ0v) is 12.2. The number of ether oxygens (including phenoxy) is 1. The number of rotatable bonds is 2. The highest BCUT2D eigenvalue weighted by Gasteiger charge is 2.30. The highest BCUT2D eigenvalue weighted by atomic mass is 35.5. The first-order valence-electron chi connectivity index (χ1n) is 6.71. The van der Waals surface area contributed by atoms with Crippen LogP contribution in [0.5, 0.6) is 11.5 Å². The van der Waals surface area contributed by atoms with Gasteiger partial charge >= 0.3 is 0 Å². The standard InChI is InChI=1S/C16H13ClFNO3/c17-15-10(2-1-3-12(15)20)11-6-9(18)4-8-5-13(21)14(7-19)22-16(8)11/h1-4,6,14,20H,5,7,19H2/t14-/m0/s1. The second kappa shape index (κ2) is 5.59. The average Bonchev–Trinajstić information content (AvgIpc) is 2.48. The molecule has 0 aromatic heterocycles. The van der Waals surface area contributed by atoms with Gasteiger partial charge in [0.25, 0.3) is 0 Å². The molecule has 114 valence electrons. The topological polar surface area (TPSA) is 72.6 Å². The molecule has 0 bridgehead atoms. The number of carbonyl (C=O) groups excluding carboxylic acids is 1. The van der Waals surface area contributed by atoms with Gasteiger partial charge in [-0.05, 0) is 18.2 Å². The molecule has 3 N–H and O–H groups in total. The fourth-order valence-electron chi connectivity index (χ4n) is 2.54. The van der Waals surface area contributed by atoms with Gasteiger partial charge in [-0.15, -0.1) is 0 Å². The van der Waals surface area contributed by atoms with Crippen molar-refractivity contribution in [1.82, 2.24) is 0 Å². The molecule has 3 rings (SSSR count). The summed E-state index contributed by atoms with van der Waals surface area (Å²) < 4.78 is 19.5. The minimum Gasteiger partial charge on any atom is -0.506 e. The number of halogens is 2. The van der Waals surface area contributed by atoms with E-state index in [1.807, 2.05) is 0 Å². The van der Waals surface area contributed by atoms with Crippen molar-refractivity contribution in [3.05, 3.63) is 46.7 Å². The maximum atomic E-state index is 13.9. The Bertz CT molecular complexity index is 763. The predicted octanol–water partition coefficient (Wildman–Crippen LogP) is 2.68. The van der Waals surface area contributed by atoms with Gasteiger partial charge in [0.05, 0.1) is 5.02 Å². The van der Waals surface area contributed by atoms with Crippen LogP contribution in [-0.2, 0) is 11.2 Å². The first kappa shape index (κ1) is 14.8. The van der Waals surface area contributed by atoms with Crippen molar-refractivity contribution in [3.63, 3.8) is 0 Å². The lowest BCUT2D eigenvalue weighted by atomic mass is 9.94. The molecular weight excluding hydrogens is 309 g/mol. The molecule has 0 saturated heterocycles. The van der Waals surface area contributed by atoms with E-state index in [-0.39, 0.29) is 29.5 Å². The highest BCUT2D eigenvalue weighted by molar-refractivity contribution is 6.34. The Morgan fingerprint density at radius 3 is 2.86 bits per heavy atom. The summed E-state index contributed by atoms with van der Waals surface area (Å²) in [5.41, 5.74) is 6.81. The number of hydrogen-bond acceptors (Lipinski definition) is 4. The number of ketones is 1. The second-order valence-corrected chi connectivity index (χ2v) is 5.44. The minimum absolute atomic E-state index is 0.0445. The summed E-state index contributed by atoms with van der Waals surface area (Å²) in [7, 11) is 0. The van der Waals surface area contributed by atoms with Crippen molar-refractivity contribution in [3.8, 4) is 22.6 Å². The molecule has 0 saturated carbocycles. The number of nitrogens with two attached hydrogens (primary N) is 1. The van der Waals surface area contributed by atoms with Crippen LogP contribution in [0, 0.1) is 5.82 Å². The van der Waals surface area contributed by atoms with E-state index < -0.39 is 11.9 Å². The number of benzene rings is 2. The van der Waals surface area contributed by atoms with E-state index in [2.05, 4.69) is 0 Å². The summed E-state index contributed by atoms with van der Waals surface area (Å²) in [4.78, 5) is 11.9. The lowest BCUT2D eigenvalue weighted by Gasteiger charge is -2.26. The summed E-state index contributed by atoms with van der Waals surface area (Å²) in [6.45, 7) is 0.0445. The van der Waals surface area contributed by atoms with E-state index in [9.17, 15) is 14.3 Å². The van der Waals surface area contributed by atoms with E-state index in [0.29, 0.717) is 22.4 Å². The van der Waals surface area contributed by atoms with Crippen molar-refractivity contribution in [2.45, 2.75) is 12.5 Å². The quantitative estimate of drug-likeness (QED) is 0.892. The molecule has 0 fully saturated rings. The number of hydrogen-bond donors (Lipinski definition) is 2. The number of Topliss-reactive ketones (excluding diaryl/α,β-unsaturated/α-hetero) is 1. The van der Waals surface area contributed by atoms with E-state index in [4.69, 9.17) is 22.1 Å². The molecule has 0 spiro atoms. The van der Waals surface area contributed by atoms with Gasteiger partial charge in [0.2, 0.25) is 0 Å². The van der Waals surface area contributed by atoms with Gasteiger partial charge in [0, 0.05) is 29.7 Å². The van der Waals surface area contributed by atoms with Crippen molar-refractivity contribution in [2.24, 2.45) is 5.73 Å². The van der Waals surface area contributed by atoms with Gasteiger partial charge in [0.1, 0.15) is 17.3 Å². The Balaban J connectivity index is 2.21. The zero-order valence-electron chi connectivity index (χ0n) is 11.5. The average molecular weight is 322 g/mol. The normalized spacial score (nSPS) is 17.0. The van der Waals surface area contributed by atoms with Crippen LogP contribution in [0.4, 0.5) is 4.39 Å². The van der Waals surface area contributed by atoms with Crippen molar-refractivity contribution >= 4 is 17.4 Å². The molecule has 0 radical (unpaired) electrons. The fourth-order valence-corrected chi connectivity index (χ4v) is 2.77. The first-order valence-corrected chi connectivity index (χ1v) is 7.08. The number of phenolic OH excluding ortho intramolecular Hbond substituents is 1. The lowest BCUT2D eigenvalue weighted by Crippen LogP contribution is -2.39. The molecule has 0 aliphatic carbocycles. The molecular formula is C16H13ClFNO3. The van der Waals surface area contributed by atoms with Gasteiger partial charge < -0.3 is 15.6 Å². The predicted molar refractivity (Wildman–Crippen MR) is 80.7 cm³/mol. The third-order valence-electron chi connectivity index (χ3n) is 3.60. The van der Waals surface area contributed by atoms with Crippen LogP contribution in [0.15, 0.2) is 30.3 Å². The SMILES string of the molecule is NC[C@@H]1Oc2c(cc(F)cc2-c2cccc(O)c2Cl)CC1=O. The largest absolute Gasteiger partial charge is 0.506 e. The summed E-state index contributed by atoms with van der Waals surface area (Å²) in [6.07, 6.45) is -0.703. The van der Waals surface area contributed by atoms with Crippen LogP contribution in [-0.4, -0.2) is 23.5 Å². The molecule has 2 aromatic rings. The van der Waals surface area contributed by atoms with Gasteiger partial charge in [-0.1, -0.05) is 23.7 Å². The first-order chi connectivity index (χ1) is 10.5. The highest BCUT2D eigenvalue weighted by Crippen LogP contribution is 2.42. The lowest BCUT2D eigenvalue weighted by molar-refractivity contribution is -0.125. The minimum atomic E-state index is -0.757. The Morgan fingerprint density at radius 2 is 2.14 bits per heavy atom. The molecule has 6 heteroatoms. The molecule has 0 unspecified atom stereocenters. The Hall–Kier alpha value is -2.11. The monoisotopic (exact) mass is 321 g/mol. The molecule has 2 aromatic carbocycles. The van der Waals surface area contributed by atoms with E-state index in [1.54, 1.807) is 12.1 Å². The van der Waals surface area contributed by atoms with Gasteiger partial charge in [-0.2, -0.15) is 0 Å². The van der Waals surface area contributed by atoms with E-state index in [1.165, 1.54) is 18.2 Å². The summed E-state index contributed by atoms with van der Waals surface area (Å²) in [6, 6.07) is 7.21. The molecule has 4 nitrogen and oxygen atoms in total. The third-order valence-corrected chi connectivity index (χ3v) is 3.99. The Labute approximate surface area is 131 Å².